The van der Waals surface area contributed by atoms with Crippen molar-refractivity contribution in [1.29, 1.82) is 0 Å². The van der Waals surface area contributed by atoms with Crippen LogP contribution >= 0.6 is 27.3 Å². The Morgan fingerprint density at radius 2 is 1.91 bits per heavy atom. The Kier molecular flexibility index (Phi) is 4.65. The first kappa shape index (κ1) is 14.9. The summed E-state index contributed by atoms with van der Waals surface area (Å²) in [4.78, 5) is 4.54. The molecule has 2 aromatic carbocycles. The van der Waals surface area contributed by atoms with Crippen LogP contribution in [0.2, 0.25) is 0 Å². The number of anilines is 1. The molecule has 0 saturated carbocycles. The van der Waals surface area contributed by atoms with Gasteiger partial charge in [0.15, 0.2) is 0 Å². The maximum absolute atomic E-state index is 4.54. The molecule has 0 aliphatic heterocycles. The van der Waals surface area contributed by atoms with Gasteiger partial charge in [-0.3, -0.25) is 5.43 Å². The van der Waals surface area contributed by atoms with Crippen LogP contribution in [0.15, 0.2) is 63.5 Å². The van der Waals surface area contributed by atoms with E-state index in [9.17, 15) is 0 Å². The van der Waals surface area contributed by atoms with Crippen molar-refractivity contribution in [3.05, 3.63) is 69.5 Å². The number of thiazole rings is 1. The molecule has 3 aromatic rings. The molecule has 0 radical (unpaired) electrons. The fourth-order valence-corrected chi connectivity index (χ4v) is 2.90. The molecule has 0 aliphatic rings. The highest BCUT2D eigenvalue weighted by molar-refractivity contribution is 9.10. The molecule has 110 valence electrons. The molecule has 1 heterocycles. The van der Waals surface area contributed by atoms with Crippen molar-refractivity contribution in [1.82, 2.24) is 4.98 Å². The number of aromatic nitrogens is 1. The Labute approximate surface area is 141 Å². The maximum atomic E-state index is 4.54. The molecule has 0 bridgehead atoms. The predicted octanol–water partition coefficient (Wildman–Crippen LogP) is 5.33. The smallest absolute Gasteiger partial charge is 0.203 e. The van der Waals surface area contributed by atoms with E-state index in [2.05, 4.69) is 44.4 Å². The Bertz CT molecular complexity index is 794. The highest BCUT2D eigenvalue weighted by atomic mass is 79.9. The van der Waals surface area contributed by atoms with E-state index in [0.717, 1.165) is 26.4 Å². The summed E-state index contributed by atoms with van der Waals surface area (Å²) >= 11 is 4.98. The van der Waals surface area contributed by atoms with Gasteiger partial charge in [0.1, 0.15) is 0 Å². The summed E-state index contributed by atoms with van der Waals surface area (Å²) in [6.45, 7) is 2.07. The average molecular weight is 372 g/mol. The van der Waals surface area contributed by atoms with Gasteiger partial charge in [0.25, 0.3) is 0 Å². The lowest BCUT2D eigenvalue weighted by molar-refractivity contribution is 1.28. The highest BCUT2D eigenvalue weighted by Gasteiger charge is 2.03. The van der Waals surface area contributed by atoms with Crippen LogP contribution in [0.4, 0.5) is 5.13 Å². The van der Waals surface area contributed by atoms with Gasteiger partial charge in [-0.2, -0.15) is 5.10 Å². The molecular weight excluding hydrogens is 358 g/mol. The van der Waals surface area contributed by atoms with Gasteiger partial charge in [-0.1, -0.05) is 52.3 Å². The largest absolute Gasteiger partial charge is 0.253 e. The Morgan fingerprint density at radius 3 is 2.68 bits per heavy atom. The summed E-state index contributed by atoms with van der Waals surface area (Å²) in [5.74, 6) is 0. The predicted molar refractivity (Wildman–Crippen MR) is 97.6 cm³/mol. The van der Waals surface area contributed by atoms with Crippen molar-refractivity contribution in [3.8, 4) is 11.3 Å². The van der Waals surface area contributed by atoms with Crippen LogP contribution in [0.3, 0.4) is 0 Å². The molecule has 1 N–H and O–H groups in total. The lowest BCUT2D eigenvalue weighted by Gasteiger charge is -1.98. The van der Waals surface area contributed by atoms with Crippen LogP contribution in [0, 0.1) is 6.92 Å². The van der Waals surface area contributed by atoms with E-state index < -0.39 is 0 Å². The molecule has 3 nitrogen and oxygen atoms in total. The Balaban J connectivity index is 1.70. The molecule has 0 unspecified atom stereocenters. The third kappa shape index (κ3) is 3.61. The summed E-state index contributed by atoms with van der Waals surface area (Å²) in [7, 11) is 0. The SMILES string of the molecule is Cc1ccccc1C=NNc1nc(-c2ccc(Br)cc2)cs1. The van der Waals surface area contributed by atoms with Crippen LogP contribution < -0.4 is 5.43 Å². The van der Waals surface area contributed by atoms with Crippen LogP contribution in [0.1, 0.15) is 11.1 Å². The van der Waals surface area contributed by atoms with E-state index in [-0.39, 0.29) is 0 Å². The summed E-state index contributed by atoms with van der Waals surface area (Å²) in [5, 5.41) is 7.06. The van der Waals surface area contributed by atoms with Gasteiger partial charge in [-0.05, 0) is 30.2 Å². The van der Waals surface area contributed by atoms with Crippen LogP contribution in [0.25, 0.3) is 11.3 Å². The molecule has 5 heteroatoms. The number of benzene rings is 2. The number of hydrogen-bond donors (Lipinski definition) is 1. The van der Waals surface area contributed by atoms with Gasteiger partial charge in [-0.15, -0.1) is 11.3 Å². The number of nitrogens with zero attached hydrogens (tertiary/aromatic N) is 2. The minimum absolute atomic E-state index is 0.780. The minimum atomic E-state index is 0.780. The van der Waals surface area contributed by atoms with E-state index in [4.69, 9.17) is 0 Å². The Morgan fingerprint density at radius 1 is 1.14 bits per heavy atom. The van der Waals surface area contributed by atoms with E-state index >= 15 is 0 Å². The second-order valence-electron chi connectivity index (χ2n) is 4.77. The van der Waals surface area contributed by atoms with E-state index in [1.165, 1.54) is 5.56 Å². The van der Waals surface area contributed by atoms with Crippen molar-refractivity contribution < 1.29 is 0 Å². The van der Waals surface area contributed by atoms with Crippen LogP contribution in [-0.2, 0) is 0 Å². The molecule has 0 amide bonds. The van der Waals surface area contributed by atoms with E-state index in [0.29, 0.717) is 0 Å². The summed E-state index contributed by atoms with van der Waals surface area (Å²) < 4.78 is 1.06. The molecular formula is C17H14BrN3S. The first-order valence-corrected chi connectivity index (χ1v) is 8.46. The summed E-state index contributed by atoms with van der Waals surface area (Å²) in [6.07, 6.45) is 1.82. The van der Waals surface area contributed by atoms with Crippen LogP contribution in [0.5, 0.6) is 0 Å². The zero-order valence-electron chi connectivity index (χ0n) is 12.0. The molecule has 0 saturated heterocycles. The molecule has 0 fully saturated rings. The zero-order chi connectivity index (χ0) is 15.4. The van der Waals surface area contributed by atoms with E-state index in [1.54, 1.807) is 11.3 Å². The standard InChI is InChI=1S/C17H14BrN3S/c1-12-4-2-3-5-14(12)10-19-21-17-20-16(11-22-17)13-6-8-15(18)9-7-13/h2-11H,1H3,(H,20,21). The molecule has 22 heavy (non-hydrogen) atoms. The second kappa shape index (κ2) is 6.85. The van der Waals surface area contributed by atoms with Crippen molar-refractivity contribution in [2.24, 2.45) is 5.10 Å². The zero-order valence-corrected chi connectivity index (χ0v) is 14.4. The highest BCUT2D eigenvalue weighted by Crippen LogP contribution is 2.26. The number of hydrazone groups is 1. The lowest BCUT2D eigenvalue weighted by Crippen LogP contribution is -1.92. The van der Waals surface area contributed by atoms with Gasteiger partial charge in [0, 0.05) is 15.4 Å². The van der Waals surface area contributed by atoms with Crippen LogP contribution in [-0.4, -0.2) is 11.2 Å². The number of hydrogen-bond acceptors (Lipinski definition) is 4. The molecule has 0 spiro atoms. The second-order valence-corrected chi connectivity index (χ2v) is 6.55. The average Bonchev–Trinajstić information content (AvgIpc) is 2.99. The normalized spacial score (nSPS) is 11.0. The lowest BCUT2D eigenvalue weighted by atomic mass is 10.1. The maximum Gasteiger partial charge on any atom is 0.203 e. The monoisotopic (exact) mass is 371 g/mol. The fraction of sp³-hybridized carbons (Fsp3) is 0.0588. The molecule has 1 aromatic heterocycles. The number of rotatable bonds is 4. The third-order valence-electron chi connectivity index (χ3n) is 3.20. The van der Waals surface area contributed by atoms with Crippen molar-refractivity contribution in [3.63, 3.8) is 0 Å². The van der Waals surface area contributed by atoms with Gasteiger partial charge in [-0.25, -0.2) is 4.98 Å². The van der Waals surface area contributed by atoms with Crippen molar-refractivity contribution >= 4 is 38.6 Å². The first-order chi connectivity index (χ1) is 10.7. The van der Waals surface area contributed by atoms with E-state index in [1.807, 2.05) is 54.1 Å². The quantitative estimate of drug-likeness (QED) is 0.497. The molecule has 0 atom stereocenters. The number of aryl methyl sites for hydroxylation is 1. The molecule has 0 aliphatic carbocycles. The molecule has 3 rings (SSSR count). The van der Waals surface area contributed by atoms with Gasteiger partial charge < -0.3 is 0 Å². The first-order valence-electron chi connectivity index (χ1n) is 6.78. The van der Waals surface area contributed by atoms with Gasteiger partial charge >= 0.3 is 0 Å². The van der Waals surface area contributed by atoms with Gasteiger partial charge in [0.2, 0.25) is 5.13 Å². The summed E-state index contributed by atoms with van der Waals surface area (Å²) in [5.41, 5.74) is 7.33. The third-order valence-corrected chi connectivity index (χ3v) is 4.47. The number of halogens is 1. The topological polar surface area (TPSA) is 37.3 Å². The Hall–Kier alpha value is -1.98. The summed E-state index contributed by atoms with van der Waals surface area (Å²) in [6, 6.07) is 16.2. The fourth-order valence-electron chi connectivity index (χ4n) is 1.97. The van der Waals surface area contributed by atoms with Crippen molar-refractivity contribution in [2.45, 2.75) is 6.92 Å². The minimum Gasteiger partial charge on any atom is -0.253 e. The number of nitrogens with one attached hydrogen (secondary N) is 1. The van der Waals surface area contributed by atoms with Crippen molar-refractivity contribution in [2.75, 3.05) is 5.43 Å². The van der Waals surface area contributed by atoms with Gasteiger partial charge in [0.05, 0.1) is 11.9 Å².